The number of hydrogen-bond donors (Lipinski definition) is 1. The largest absolute Gasteiger partial charge is 0.342 e. The Kier molecular flexibility index (Phi) is 6.94. The third-order valence-corrected chi connectivity index (χ3v) is 6.37. The van der Waals surface area contributed by atoms with Crippen LogP contribution in [0.2, 0.25) is 5.02 Å². The Bertz CT molecular complexity index is 1040. The summed E-state index contributed by atoms with van der Waals surface area (Å²) in [7, 11) is 0. The van der Waals surface area contributed by atoms with Crippen LogP contribution in [0.25, 0.3) is 0 Å². The molecule has 0 bridgehead atoms. The first-order chi connectivity index (χ1) is 15.1. The van der Waals surface area contributed by atoms with Gasteiger partial charge in [0.2, 0.25) is 11.8 Å². The van der Waals surface area contributed by atoms with Crippen LogP contribution in [0.1, 0.15) is 29.1 Å². The number of hydrogen-bond acceptors (Lipinski definition) is 5. The van der Waals surface area contributed by atoms with Crippen molar-refractivity contribution in [2.45, 2.75) is 25.7 Å². The van der Waals surface area contributed by atoms with Crippen molar-refractivity contribution in [2.75, 3.05) is 18.4 Å². The number of halogens is 1. The Hall–Kier alpha value is -2.77. The van der Waals surface area contributed by atoms with Gasteiger partial charge in [-0.1, -0.05) is 41.9 Å². The van der Waals surface area contributed by atoms with E-state index in [0.717, 1.165) is 30.0 Å². The van der Waals surface area contributed by atoms with Crippen molar-refractivity contribution in [3.05, 3.63) is 75.3 Å². The highest BCUT2D eigenvalue weighted by molar-refractivity contribution is 7.09. The number of benzene rings is 1. The maximum Gasteiger partial charge on any atom is 0.230 e. The number of amides is 2. The summed E-state index contributed by atoms with van der Waals surface area (Å²) in [4.78, 5) is 36.0. The molecular weight excluding hydrogens is 432 g/mol. The zero-order valence-corrected chi connectivity index (χ0v) is 18.5. The van der Waals surface area contributed by atoms with Gasteiger partial charge in [-0.15, -0.1) is 11.3 Å². The summed E-state index contributed by atoms with van der Waals surface area (Å²) >= 11 is 7.41. The Balaban J connectivity index is 1.31. The highest BCUT2D eigenvalue weighted by Gasteiger charge is 2.29. The van der Waals surface area contributed by atoms with Gasteiger partial charge in [0.25, 0.3) is 0 Å². The van der Waals surface area contributed by atoms with E-state index in [0.29, 0.717) is 23.9 Å². The fraction of sp³-hybridized carbons (Fsp3) is 0.304. The summed E-state index contributed by atoms with van der Waals surface area (Å²) in [5.74, 6) is 0.107. The van der Waals surface area contributed by atoms with Gasteiger partial charge in [0.05, 0.1) is 28.1 Å². The van der Waals surface area contributed by atoms with Gasteiger partial charge in [-0.3, -0.25) is 9.59 Å². The van der Waals surface area contributed by atoms with Crippen molar-refractivity contribution >= 4 is 40.6 Å². The number of anilines is 1. The topological polar surface area (TPSA) is 75.2 Å². The van der Waals surface area contributed by atoms with Gasteiger partial charge < -0.3 is 10.2 Å². The van der Waals surface area contributed by atoms with E-state index in [9.17, 15) is 9.59 Å². The van der Waals surface area contributed by atoms with Crippen LogP contribution in [0.15, 0.2) is 54.0 Å². The average molecular weight is 455 g/mol. The first-order valence-corrected chi connectivity index (χ1v) is 11.5. The molecule has 1 atom stereocenters. The molecule has 4 rings (SSSR count). The van der Waals surface area contributed by atoms with E-state index in [4.69, 9.17) is 11.6 Å². The third-order valence-electron chi connectivity index (χ3n) is 5.25. The molecule has 1 saturated heterocycles. The molecule has 1 aliphatic heterocycles. The summed E-state index contributed by atoms with van der Waals surface area (Å²) in [5, 5.41) is 6.29. The van der Waals surface area contributed by atoms with E-state index < -0.39 is 0 Å². The van der Waals surface area contributed by atoms with E-state index >= 15 is 0 Å². The van der Waals surface area contributed by atoms with E-state index in [1.807, 2.05) is 23.6 Å². The zero-order valence-electron chi connectivity index (χ0n) is 17.0. The molecule has 160 valence electrons. The van der Waals surface area contributed by atoms with E-state index in [1.165, 1.54) is 11.8 Å². The standard InChI is InChI=1S/C23H23ClN4O2S/c24-18-8-9-20(25-13-18)27-23(30)17-7-4-10-28(14-17)22(29)12-19-15-31-21(26-19)11-16-5-2-1-3-6-16/h1-3,5-6,8-9,13,15,17H,4,7,10-12,14H2,(H,25,27,30). The van der Waals surface area contributed by atoms with Crippen LogP contribution in [0.4, 0.5) is 5.82 Å². The van der Waals surface area contributed by atoms with Crippen LogP contribution in [-0.4, -0.2) is 39.8 Å². The molecule has 1 aliphatic rings. The Morgan fingerprint density at radius 1 is 1.19 bits per heavy atom. The first kappa shape index (κ1) is 21.5. The van der Waals surface area contributed by atoms with Gasteiger partial charge in [0.1, 0.15) is 5.82 Å². The second-order valence-corrected chi connectivity index (χ2v) is 8.98. The van der Waals surface area contributed by atoms with Crippen molar-refractivity contribution in [3.63, 3.8) is 0 Å². The van der Waals surface area contributed by atoms with Crippen molar-refractivity contribution in [3.8, 4) is 0 Å². The maximum atomic E-state index is 12.8. The molecule has 1 fully saturated rings. The van der Waals surface area contributed by atoms with Gasteiger partial charge in [-0.25, -0.2) is 9.97 Å². The molecule has 3 heterocycles. The van der Waals surface area contributed by atoms with Crippen molar-refractivity contribution in [1.29, 1.82) is 0 Å². The smallest absolute Gasteiger partial charge is 0.230 e. The average Bonchev–Trinajstić information content (AvgIpc) is 3.22. The van der Waals surface area contributed by atoms with E-state index in [2.05, 4.69) is 27.4 Å². The Labute approximate surface area is 190 Å². The zero-order chi connectivity index (χ0) is 21.6. The summed E-state index contributed by atoms with van der Waals surface area (Å²) in [6.07, 6.45) is 4.08. The quantitative estimate of drug-likeness (QED) is 0.605. The number of thiazole rings is 1. The number of carbonyl (C=O) groups excluding carboxylic acids is 2. The molecule has 2 amide bonds. The maximum absolute atomic E-state index is 12.8. The minimum absolute atomic E-state index is 0.0127. The first-order valence-electron chi connectivity index (χ1n) is 10.2. The molecule has 0 radical (unpaired) electrons. The molecule has 0 spiro atoms. The Morgan fingerprint density at radius 2 is 2.03 bits per heavy atom. The molecule has 6 nitrogen and oxygen atoms in total. The van der Waals surface area contributed by atoms with Crippen molar-refractivity contribution < 1.29 is 9.59 Å². The minimum atomic E-state index is -0.251. The van der Waals surface area contributed by atoms with E-state index in [-0.39, 0.29) is 24.2 Å². The molecule has 1 N–H and O–H groups in total. The van der Waals surface area contributed by atoms with Crippen molar-refractivity contribution in [1.82, 2.24) is 14.9 Å². The highest BCUT2D eigenvalue weighted by Crippen LogP contribution is 2.21. The molecule has 8 heteroatoms. The molecule has 31 heavy (non-hydrogen) atoms. The number of pyridine rings is 1. The number of nitrogens with zero attached hydrogens (tertiary/aromatic N) is 3. The third kappa shape index (κ3) is 5.89. The highest BCUT2D eigenvalue weighted by atomic mass is 35.5. The predicted molar refractivity (Wildman–Crippen MR) is 122 cm³/mol. The van der Waals surface area contributed by atoms with Gasteiger partial charge in [0, 0.05) is 31.1 Å². The molecule has 1 aromatic carbocycles. The van der Waals surface area contributed by atoms with Gasteiger partial charge >= 0.3 is 0 Å². The molecule has 3 aromatic rings. The lowest BCUT2D eigenvalue weighted by Crippen LogP contribution is -2.44. The molecular formula is C23H23ClN4O2S. The van der Waals surface area contributed by atoms with Crippen LogP contribution in [0, 0.1) is 5.92 Å². The van der Waals surface area contributed by atoms with Gasteiger partial charge in [-0.05, 0) is 30.5 Å². The fourth-order valence-corrected chi connectivity index (χ4v) is 4.58. The monoisotopic (exact) mass is 454 g/mol. The second-order valence-electron chi connectivity index (χ2n) is 7.60. The summed E-state index contributed by atoms with van der Waals surface area (Å²) in [6, 6.07) is 13.5. The summed E-state index contributed by atoms with van der Waals surface area (Å²) in [5.41, 5.74) is 1.99. The predicted octanol–water partition coefficient (Wildman–Crippen LogP) is 4.20. The van der Waals surface area contributed by atoms with Crippen LogP contribution in [0.3, 0.4) is 0 Å². The SMILES string of the molecule is O=C(Nc1ccc(Cl)cn1)C1CCCN(C(=O)Cc2csc(Cc3ccccc3)n2)C1. The number of piperidine rings is 1. The normalized spacial score (nSPS) is 16.2. The van der Waals surface area contributed by atoms with E-state index in [1.54, 1.807) is 28.4 Å². The molecule has 2 aromatic heterocycles. The van der Waals surface area contributed by atoms with Crippen LogP contribution < -0.4 is 5.32 Å². The minimum Gasteiger partial charge on any atom is -0.342 e. The van der Waals surface area contributed by atoms with Crippen molar-refractivity contribution in [2.24, 2.45) is 5.92 Å². The van der Waals surface area contributed by atoms with Crippen LogP contribution in [-0.2, 0) is 22.4 Å². The summed E-state index contributed by atoms with van der Waals surface area (Å²) in [6.45, 7) is 1.09. The number of aromatic nitrogens is 2. The number of likely N-dealkylation sites (tertiary alicyclic amines) is 1. The Morgan fingerprint density at radius 3 is 2.81 bits per heavy atom. The number of carbonyl (C=O) groups is 2. The fourth-order valence-electron chi connectivity index (χ4n) is 3.64. The lowest BCUT2D eigenvalue weighted by atomic mass is 9.96. The number of rotatable bonds is 6. The van der Waals surface area contributed by atoms with Crippen LogP contribution >= 0.6 is 22.9 Å². The van der Waals surface area contributed by atoms with Crippen LogP contribution in [0.5, 0.6) is 0 Å². The second kappa shape index (κ2) is 10.0. The molecule has 1 unspecified atom stereocenters. The van der Waals surface area contributed by atoms with Gasteiger partial charge in [-0.2, -0.15) is 0 Å². The lowest BCUT2D eigenvalue weighted by molar-refractivity contribution is -0.134. The van der Waals surface area contributed by atoms with Gasteiger partial charge in [0.15, 0.2) is 0 Å². The summed E-state index contributed by atoms with van der Waals surface area (Å²) < 4.78 is 0. The lowest BCUT2D eigenvalue weighted by Gasteiger charge is -2.32. The number of nitrogens with one attached hydrogen (secondary N) is 1. The molecule has 0 aliphatic carbocycles. The molecule has 0 saturated carbocycles.